The Morgan fingerprint density at radius 1 is 1.07 bits per heavy atom. The number of ether oxygens (including phenoxy) is 2. The zero-order valence-electron chi connectivity index (χ0n) is 14.5. The number of benzene rings is 2. The number of amides is 2. The molecular weight excluding hydrogens is 372 g/mol. The van der Waals surface area contributed by atoms with Gasteiger partial charge in [-0.3, -0.25) is 14.4 Å². The molecule has 2 N–H and O–H groups in total. The minimum absolute atomic E-state index is 0.0467. The molecule has 0 aromatic heterocycles. The zero-order valence-corrected chi connectivity index (χ0v) is 15.3. The summed E-state index contributed by atoms with van der Waals surface area (Å²) in [5.74, 6) is 0.0825. The molecule has 2 amide bonds. The average molecular weight is 389 g/mol. The van der Waals surface area contributed by atoms with Crippen LogP contribution in [-0.2, 0) is 4.79 Å². The van der Waals surface area contributed by atoms with Crippen molar-refractivity contribution < 1.29 is 23.9 Å². The molecule has 0 atom stereocenters. The Bertz CT molecular complexity index is 896. The summed E-state index contributed by atoms with van der Waals surface area (Å²) in [6, 6.07) is 9.54. The van der Waals surface area contributed by atoms with Crippen LogP contribution in [-0.4, -0.2) is 30.9 Å². The Morgan fingerprint density at radius 2 is 1.74 bits per heavy atom. The predicted molar refractivity (Wildman–Crippen MR) is 99.6 cm³/mol. The molecule has 0 unspecified atom stereocenters. The van der Waals surface area contributed by atoms with Gasteiger partial charge in [0.15, 0.2) is 17.3 Å². The quantitative estimate of drug-likeness (QED) is 0.742. The summed E-state index contributed by atoms with van der Waals surface area (Å²) in [7, 11) is 0. The molecule has 1 heterocycles. The Hall–Kier alpha value is -3.06. The van der Waals surface area contributed by atoms with Gasteiger partial charge in [-0.25, -0.2) is 0 Å². The van der Waals surface area contributed by atoms with Gasteiger partial charge in [0.05, 0.1) is 5.69 Å². The molecule has 0 aliphatic carbocycles. The maximum absolute atomic E-state index is 12.2. The molecule has 0 fully saturated rings. The summed E-state index contributed by atoms with van der Waals surface area (Å²) in [6.45, 7) is 1.62. The summed E-state index contributed by atoms with van der Waals surface area (Å²) in [4.78, 5) is 36.0. The minimum Gasteiger partial charge on any atom is -0.454 e. The first kappa shape index (κ1) is 18.7. The molecule has 0 bridgehead atoms. The molecule has 0 saturated heterocycles. The fourth-order valence-corrected chi connectivity index (χ4v) is 2.67. The van der Waals surface area contributed by atoms with E-state index in [4.69, 9.17) is 21.1 Å². The second-order valence-corrected chi connectivity index (χ2v) is 6.30. The van der Waals surface area contributed by atoms with Crippen molar-refractivity contribution in [2.75, 3.05) is 18.7 Å². The van der Waals surface area contributed by atoms with Gasteiger partial charge in [-0.2, -0.15) is 0 Å². The lowest BCUT2D eigenvalue weighted by atomic mass is 10.1. The summed E-state index contributed by atoms with van der Waals surface area (Å²) >= 11 is 5.78. The molecule has 0 saturated carbocycles. The number of hydrogen-bond acceptors (Lipinski definition) is 5. The van der Waals surface area contributed by atoms with E-state index >= 15 is 0 Å². The van der Waals surface area contributed by atoms with E-state index in [0.29, 0.717) is 33.3 Å². The van der Waals surface area contributed by atoms with E-state index in [1.165, 1.54) is 6.92 Å². The van der Waals surface area contributed by atoms with Gasteiger partial charge in [-0.1, -0.05) is 11.6 Å². The van der Waals surface area contributed by atoms with Crippen LogP contribution < -0.4 is 20.1 Å². The number of anilines is 1. The molecule has 8 heteroatoms. The highest BCUT2D eigenvalue weighted by molar-refractivity contribution is 6.30. The minimum atomic E-state index is -0.340. The van der Waals surface area contributed by atoms with Crippen molar-refractivity contribution in [3.8, 4) is 11.5 Å². The van der Waals surface area contributed by atoms with E-state index in [0.717, 1.165) is 0 Å². The van der Waals surface area contributed by atoms with Gasteiger partial charge in [-0.05, 0) is 37.3 Å². The van der Waals surface area contributed by atoms with E-state index in [9.17, 15) is 14.4 Å². The smallest absolute Gasteiger partial charge is 0.251 e. The number of halogens is 1. The maximum Gasteiger partial charge on any atom is 0.251 e. The van der Waals surface area contributed by atoms with Crippen LogP contribution in [0.15, 0.2) is 36.4 Å². The van der Waals surface area contributed by atoms with Gasteiger partial charge in [0, 0.05) is 35.2 Å². The first-order valence-electron chi connectivity index (χ1n) is 8.22. The van der Waals surface area contributed by atoms with Crippen LogP contribution in [0, 0.1) is 0 Å². The topological polar surface area (TPSA) is 93.7 Å². The molecule has 0 radical (unpaired) electrons. The van der Waals surface area contributed by atoms with Gasteiger partial charge in [0.25, 0.3) is 5.91 Å². The number of rotatable bonds is 6. The van der Waals surface area contributed by atoms with Crippen LogP contribution in [0.4, 0.5) is 5.69 Å². The molecule has 2 aromatic carbocycles. The molecule has 1 aliphatic rings. The fourth-order valence-electron chi connectivity index (χ4n) is 2.54. The lowest BCUT2D eigenvalue weighted by molar-refractivity contribution is -0.116. The van der Waals surface area contributed by atoms with Crippen molar-refractivity contribution >= 4 is 34.9 Å². The fraction of sp³-hybridized carbons (Fsp3) is 0.211. The van der Waals surface area contributed by atoms with Crippen LogP contribution in [0.5, 0.6) is 11.5 Å². The first-order valence-corrected chi connectivity index (χ1v) is 8.60. The molecule has 3 rings (SSSR count). The summed E-state index contributed by atoms with van der Waals surface area (Å²) in [5.41, 5.74) is 1.13. The van der Waals surface area contributed by atoms with Crippen LogP contribution in [0.2, 0.25) is 5.02 Å². The van der Waals surface area contributed by atoms with Gasteiger partial charge in [-0.15, -0.1) is 0 Å². The zero-order chi connectivity index (χ0) is 19.4. The molecule has 7 nitrogen and oxygen atoms in total. The highest BCUT2D eigenvalue weighted by atomic mass is 35.5. The van der Waals surface area contributed by atoms with Gasteiger partial charge in [0.1, 0.15) is 0 Å². The predicted octanol–water partition coefficient (Wildman–Crippen LogP) is 3.03. The Morgan fingerprint density at radius 3 is 2.41 bits per heavy atom. The lowest BCUT2D eigenvalue weighted by Gasteiger charge is -2.11. The molecule has 0 spiro atoms. The van der Waals surface area contributed by atoms with Gasteiger partial charge in [0.2, 0.25) is 12.7 Å². The van der Waals surface area contributed by atoms with E-state index in [-0.39, 0.29) is 37.4 Å². The second kappa shape index (κ2) is 8.09. The Balaban J connectivity index is 1.57. The van der Waals surface area contributed by atoms with E-state index < -0.39 is 0 Å². The van der Waals surface area contributed by atoms with Crippen molar-refractivity contribution in [2.24, 2.45) is 0 Å². The third-order valence-corrected chi connectivity index (χ3v) is 4.16. The number of hydrogen-bond donors (Lipinski definition) is 2. The maximum atomic E-state index is 12.2. The molecule has 2 aromatic rings. The van der Waals surface area contributed by atoms with E-state index in [1.54, 1.807) is 36.4 Å². The average Bonchev–Trinajstić information content (AvgIpc) is 3.08. The normalized spacial score (nSPS) is 11.8. The molecule has 140 valence electrons. The number of fused-ring (bicyclic) bond motifs is 1. The summed E-state index contributed by atoms with van der Waals surface area (Å²) in [5, 5.41) is 5.88. The number of nitrogens with one attached hydrogen (secondary N) is 2. The molecular formula is C19H17ClN2O5. The van der Waals surface area contributed by atoms with Crippen LogP contribution >= 0.6 is 11.6 Å². The Kier molecular flexibility index (Phi) is 5.61. The molecule has 1 aliphatic heterocycles. The summed E-state index contributed by atoms with van der Waals surface area (Å²) in [6.07, 6.45) is 0.0467. The third kappa shape index (κ3) is 4.57. The number of ketones is 1. The van der Waals surface area contributed by atoms with Crippen LogP contribution in [0.1, 0.15) is 34.1 Å². The van der Waals surface area contributed by atoms with Crippen molar-refractivity contribution in [1.82, 2.24) is 5.32 Å². The van der Waals surface area contributed by atoms with Crippen molar-refractivity contribution in [2.45, 2.75) is 13.3 Å². The van der Waals surface area contributed by atoms with Crippen molar-refractivity contribution in [3.05, 3.63) is 52.5 Å². The molecule has 27 heavy (non-hydrogen) atoms. The van der Waals surface area contributed by atoms with Gasteiger partial charge >= 0.3 is 0 Å². The first-order chi connectivity index (χ1) is 12.9. The van der Waals surface area contributed by atoms with Crippen LogP contribution in [0.3, 0.4) is 0 Å². The van der Waals surface area contributed by atoms with Crippen LogP contribution in [0.25, 0.3) is 0 Å². The third-order valence-electron chi connectivity index (χ3n) is 3.91. The van der Waals surface area contributed by atoms with E-state index in [1.807, 2.05) is 0 Å². The lowest BCUT2D eigenvalue weighted by Crippen LogP contribution is -2.27. The number of carbonyl (C=O) groups is 3. The highest BCUT2D eigenvalue weighted by Crippen LogP contribution is 2.37. The monoisotopic (exact) mass is 388 g/mol. The standard InChI is InChI=1S/C19H17ClN2O5/c1-11(23)14-8-16-17(27-10-26-16)9-15(14)22-18(24)6-7-21-19(25)12-2-4-13(20)5-3-12/h2-5,8-9H,6-7,10H2,1H3,(H,21,25)(H,22,24). The second-order valence-electron chi connectivity index (χ2n) is 5.87. The SMILES string of the molecule is CC(=O)c1cc2c(cc1NC(=O)CCNC(=O)c1ccc(Cl)cc1)OCO2. The summed E-state index contributed by atoms with van der Waals surface area (Å²) < 4.78 is 10.5. The van der Waals surface area contributed by atoms with Gasteiger partial charge < -0.3 is 20.1 Å². The van der Waals surface area contributed by atoms with Crippen molar-refractivity contribution in [3.63, 3.8) is 0 Å². The Labute approximate surface area is 160 Å². The number of Topliss-reactive ketones (excluding diaryl/α,β-unsaturated/α-hetero) is 1. The largest absolute Gasteiger partial charge is 0.454 e. The number of carbonyl (C=O) groups excluding carboxylic acids is 3. The van der Waals surface area contributed by atoms with E-state index in [2.05, 4.69) is 10.6 Å². The highest BCUT2D eigenvalue weighted by Gasteiger charge is 2.20. The van der Waals surface area contributed by atoms with Crippen molar-refractivity contribution in [1.29, 1.82) is 0 Å².